The topological polar surface area (TPSA) is 26.0 Å². The Morgan fingerprint density at radius 3 is 2.83 bits per heavy atom. The lowest BCUT2D eigenvalue weighted by atomic mass is 10.7. The molecule has 1 aromatic heterocycles. The Balaban J connectivity index is 3.05. The molecular formula is C3H5NP2. The highest BCUT2D eigenvalue weighted by Crippen LogP contribution is 2.28. The highest BCUT2D eigenvalue weighted by molar-refractivity contribution is 7.91. The van der Waals surface area contributed by atoms with Crippen molar-refractivity contribution < 1.29 is 0 Å². The molecule has 1 rings (SSSR count). The van der Waals surface area contributed by atoms with Gasteiger partial charge in [-0.2, -0.15) is 0 Å². The van der Waals surface area contributed by atoms with Crippen LogP contribution in [0.1, 0.15) is 0 Å². The first kappa shape index (κ1) is 4.18. The molecule has 3 heteroatoms. The van der Waals surface area contributed by atoms with Crippen molar-refractivity contribution in [3.8, 4) is 0 Å². The zero-order valence-corrected chi connectivity index (χ0v) is 5.07. The monoisotopic (exact) mass is 117 g/mol. The maximum atomic E-state index is 5.37. The van der Waals surface area contributed by atoms with Crippen LogP contribution in [0, 0.1) is 0 Å². The lowest BCUT2D eigenvalue weighted by Gasteiger charge is -1.69. The van der Waals surface area contributed by atoms with Crippen molar-refractivity contribution >= 4 is 21.2 Å². The van der Waals surface area contributed by atoms with Gasteiger partial charge >= 0.3 is 0 Å². The minimum absolute atomic E-state index is 0.838. The minimum Gasteiger partial charge on any atom is -0.395 e. The third-order valence-electron chi connectivity index (χ3n) is 0.522. The Kier molecular flexibility index (Phi) is 1.14. The fourth-order valence-electron chi connectivity index (χ4n) is 0.267. The maximum Gasteiger partial charge on any atom is 0.0526 e. The number of nitrogen functional groups attached to an aromatic ring is 1. The summed E-state index contributed by atoms with van der Waals surface area (Å²) in [5.74, 6) is 2.08. The van der Waals surface area contributed by atoms with E-state index in [2.05, 4.69) is 5.80 Å². The highest BCUT2D eigenvalue weighted by Gasteiger charge is 1.74. The predicted molar refractivity (Wildman–Crippen MR) is 32.9 cm³/mol. The molecule has 0 aliphatic carbocycles. The Morgan fingerprint density at radius 2 is 2.67 bits per heavy atom. The van der Waals surface area contributed by atoms with E-state index in [0.717, 1.165) is 13.3 Å². The molecule has 6 heavy (non-hydrogen) atoms. The highest BCUT2D eigenvalue weighted by atomic mass is 31.8. The summed E-state index contributed by atoms with van der Waals surface area (Å²) in [6.07, 6.45) is 0. The molecule has 32 valence electrons. The van der Waals surface area contributed by atoms with Gasteiger partial charge in [0, 0.05) is 0 Å². The zero-order valence-electron chi connectivity index (χ0n) is 3.18. The summed E-state index contributed by atoms with van der Waals surface area (Å²) in [7, 11) is 2.21. The minimum atomic E-state index is 0.838. The van der Waals surface area contributed by atoms with Crippen LogP contribution >= 0.6 is 15.7 Å². The smallest absolute Gasteiger partial charge is 0.0526 e. The van der Waals surface area contributed by atoms with Crippen molar-refractivity contribution in [2.24, 2.45) is 0 Å². The van der Waals surface area contributed by atoms with E-state index in [1.807, 2.05) is 6.07 Å². The van der Waals surface area contributed by atoms with Gasteiger partial charge in [0.15, 0.2) is 0 Å². The molecule has 0 saturated carbocycles. The van der Waals surface area contributed by atoms with Crippen LogP contribution in [-0.2, 0) is 0 Å². The van der Waals surface area contributed by atoms with Crippen LogP contribution in [0.25, 0.3) is 0 Å². The van der Waals surface area contributed by atoms with E-state index in [9.17, 15) is 0 Å². The van der Waals surface area contributed by atoms with Crippen LogP contribution in [0.2, 0.25) is 0 Å². The zero-order chi connectivity index (χ0) is 4.41. The third kappa shape index (κ3) is 0.739. The van der Waals surface area contributed by atoms with Gasteiger partial charge in [-0.05, 0) is 11.9 Å². The summed E-state index contributed by atoms with van der Waals surface area (Å²) in [5.41, 5.74) is 6.41. The summed E-state index contributed by atoms with van der Waals surface area (Å²) in [6, 6.07) is 1.97. The summed E-state index contributed by atoms with van der Waals surface area (Å²) in [5, 5.41) is 0. The molecule has 0 saturated heterocycles. The van der Waals surface area contributed by atoms with E-state index in [-0.39, 0.29) is 0 Å². The second-order valence-electron chi connectivity index (χ2n) is 1.01. The molecule has 0 bridgehead atoms. The van der Waals surface area contributed by atoms with Gasteiger partial charge in [-0.25, -0.2) is 0 Å². The van der Waals surface area contributed by atoms with Crippen LogP contribution in [-0.4, -0.2) is 0 Å². The standard InChI is InChI=1S/C3H5NP2/c4-3-1-2-5-6-3/h1-2,6H,4H2. The number of nitrogens with two attached hydrogens (primary N) is 1. The summed E-state index contributed by atoms with van der Waals surface area (Å²) < 4.78 is 0. The van der Waals surface area contributed by atoms with Gasteiger partial charge in [0.05, 0.1) is 5.42 Å². The van der Waals surface area contributed by atoms with Gasteiger partial charge in [-0.15, -0.1) is 0 Å². The van der Waals surface area contributed by atoms with Crippen LogP contribution in [0.5, 0.6) is 0 Å². The molecular weight excluding hydrogens is 112 g/mol. The van der Waals surface area contributed by atoms with E-state index in [1.165, 1.54) is 7.87 Å². The van der Waals surface area contributed by atoms with E-state index < -0.39 is 0 Å². The van der Waals surface area contributed by atoms with Crippen molar-refractivity contribution in [1.29, 1.82) is 0 Å². The van der Waals surface area contributed by atoms with E-state index >= 15 is 0 Å². The molecule has 0 amide bonds. The normalized spacial score (nSPS) is 11.3. The molecule has 1 heterocycles. The van der Waals surface area contributed by atoms with Crippen LogP contribution in [0.15, 0.2) is 11.9 Å². The third-order valence-corrected chi connectivity index (χ3v) is 2.98. The van der Waals surface area contributed by atoms with E-state index in [0.29, 0.717) is 0 Å². The van der Waals surface area contributed by atoms with Gasteiger partial charge in [-0.1, -0.05) is 15.7 Å². The maximum absolute atomic E-state index is 5.37. The number of hydrogen-bond donors (Lipinski definition) is 1. The van der Waals surface area contributed by atoms with Crippen molar-refractivity contribution in [1.82, 2.24) is 0 Å². The molecule has 1 nitrogen and oxygen atoms in total. The molecule has 2 N–H and O–H groups in total. The summed E-state index contributed by atoms with van der Waals surface area (Å²) >= 11 is 0. The van der Waals surface area contributed by atoms with Crippen LogP contribution in [0.4, 0.5) is 5.42 Å². The largest absolute Gasteiger partial charge is 0.395 e. The molecule has 0 aliphatic rings. The first-order chi connectivity index (χ1) is 2.89. The lowest BCUT2D eigenvalue weighted by Crippen LogP contribution is -1.71. The Hall–Kier alpha value is 0.01000. The molecule has 0 aromatic carbocycles. The van der Waals surface area contributed by atoms with Gasteiger partial charge in [-0.3, -0.25) is 0 Å². The Morgan fingerprint density at radius 1 is 1.83 bits per heavy atom. The average molecular weight is 117 g/mol. The fourth-order valence-corrected chi connectivity index (χ4v) is 2.14. The molecule has 0 fully saturated rings. The second-order valence-corrected chi connectivity index (χ2v) is 3.81. The van der Waals surface area contributed by atoms with Crippen molar-refractivity contribution in [3.63, 3.8) is 0 Å². The quantitative estimate of drug-likeness (QED) is 0.551. The fraction of sp³-hybridized carbons (Fsp3) is 0. The average Bonchev–Trinajstić information content (AvgIpc) is 1.86. The predicted octanol–water partition coefficient (Wildman–Crippen LogP) is 1.88. The molecule has 0 aliphatic heterocycles. The summed E-state index contributed by atoms with van der Waals surface area (Å²) in [6.45, 7) is 0. The molecule has 1 aromatic rings. The van der Waals surface area contributed by atoms with Crippen LogP contribution < -0.4 is 5.73 Å². The molecule has 0 spiro atoms. The molecule has 1 atom stereocenters. The summed E-state index contributed by atoms with van der Waals surface area (Å²) in [4.78, 5) is 0. The second kappa shape index (κ2) is 1.64. The Labute approximate surface area is 39.6 Å². The van der Waals surface area contributed by atoms with Gasteiger partial charge in [0.2, 0.25) is 0 Å². The van der Waals surface area contributed by atoms with E-state index in [4.69, 9.17) is 5.73 Å². The van der Waals surface area contributed by atoms with Gasteiger partial charge in [0.1, 0.15) is 0 Å². The van der Waals surface area contributed by atoms with Crippen molar-refractivity contribution in [2.75, 3.05) is 5.73 Å². The number of rotatable bonds is 0. The number of hydrogen-bond acceptors (Lipinski definition) is 1. The molecule has 0 radical (unpaired) electrons. The molecule has 1 unspecified atom stereocenters. The first-order valence-corrected chi connectivity index (χ1v) is 4.45. The first-order valence-electron chi connectivity index (χ1n) is 1.64. The van der Waals surface area contributed by atoms with Gasteiger partial charge < -0.3 is 5.73 Å². The lowest BCUT2D eigenvalue weighted by molar-refractivity contribution is 1.98. The number of anilines is 1. The Bertz CT molecular complexity index is 112. The van der Waals surface area contributed by atoms with Crippen molar-refractivity contribution in [2.45, 2.75) is 0 Å². The van der Waals surface area contributed by atoms with Crippen LogP contribution in [0.3, 0.4) is 0 Å². The van der Waals surface area contributed by atoms with Crippen molar-refractivity contribution in [3.05, 3.63) is 11.9 Å². The van der Waals surface area contributed by atoms with E-state index in [1.54, 1.807) is 0 Å². The van der Waals surface area contributed by atoms with Gasteiger partial charge in [0.25, 0.3) is 0 Å². The SMILES string of the molecule is Nc1ccp[pH]1.